The summed E-state index contributed by atoms with van der Waals surface area (Å²) < 4.78 is 0. The first-order valence-electron chi connectivity index (χ1n) is 7.38. The maximum atomic E-state index is 4.51. The Morgan fingerprint density at radius 1 is 1.00 bits per heavy atom. The molecule has 0 aliphatic rings. The predicted octanol–water partition coefficient (Wildman–Crippen LogP) is 2.61. The van der Waals surface area contributed by atoms with Gasteiger partial charge in [0.25, 0.3) is 0 Å². The topological polar surface area (TPSA) is 66.0 Å². The molecule has 0 atom stereocenters. The van der Waals surface area contributed by atoms with Gasteiger partial charge in [-0.05, 0) is 25.7 Å². The van der Waals surface area contributed by atoms with Crippen LogP contribution in [0.25, 0.3) is 0 Å². The lowest BCUT2D eigenvalue weighted by molar-refractivity contribution is 0.376. The van der Waals surface area contributed by atoms with Gasteiger partial charge in [0.1, 0.15) is 0 Å². The minimum atomic E-state index is 0.224. The summed E-state index contributed by atoms with van der Waals surface area (Å²) in [6, 6.07) is 0. The van der Waals surface area contributed by atoms with Crippen LogP contribution in [0.2, 0.25) is 0 Å². The predicted molar refractivity (Wildman–Crippen MR) is 85.5 cm³/mol. The molecule has 0 saturated heterocycles. The number of anilines is 3. The molecule has 1 heterocycles. The van der Waals surface area contributed by atoms with Crippen LogP contribution in [0.1, 0.15) is 41.0 Å². The van der Waals surface area contributed by atoms with Gasteiger partial charge in [0.15, 0.2) is 0 Å². The monoisotopic (exact) mass is 280 g/mol. The molecular formula is C14H28N6. The zero-order chi connectivity index (χ0) is 15.2. The third-order valence-corrected chi connectivity index (χ3v) is 3.58. The molecule has 6 nitrogen and oxygen atoms in total. The summed E-state index contributed by atoms with van der Waals surface area (Å²) in [5.74, 6) is 1.94. The van der Waals surface area contributed by atoms with E-state index in [9.17, 15) is 0 Å². The fraction of sp³-hybridized carbons (Fsp3) is 0.786. The lowest BCUT2D eigenvalue weighted by atomic mass is 9.90. The number of nitrogens with zero attached hydrogens (tertiary/aromatic N) is 4. The molecule has 0 spiro atoms. The first-order valence-corrected chi connectivity index (χ1v) is 7.38. The lowest BCUT2D eigenvalue weighted by Gasteiger charge is -2.24. The summed E-state index contributed by atoms with van der Waals surface area (Å²) in [4.78, 5) is 15.4. The molecule has 2 N–H and O–H groups in total. The smallest absolute Gasteiger partial charge is 0.231 e. The summed E-state index contributed by atoms with van der Waals surface area (Å²) in [6.07, 6.45) is 1.10. The highest BCUT2D eigenvalue weighted by atomic mass is 15.3. The molecule has 1 aromatic heterocycles. The van der Waals surface area contributed by atoms with Gasteiger partial charge >= 0.3 is 0 Å². The molecule has 6 heteroatoms. The normalized spacial score (nSPS) is 11.3. The Balaban J connectivity index is 2.93. The van der Waals surface area contributed by atoms with Crippen LogP contribution in [-0.2, 0) is 0 Å². The fourth-order valence-electron chi connectivity index (χ4n) is 1.65. The van der Waals surface area contributed by atoms with Crippen LogP contribution in [0.3, 0.4) is 0 Å². The standard InChI is InChI=1S/C14H28N6/c1-7-14(4,5)10-16-12-17-11(15-6)18-13(19-12)20(8-2)9-3/h7-10H2,1-6H3,(H2,15,16,17,18,19). The number of aromatic nitrogens is 3. The molecule has 0 aromatic carbocycles. The first-order chi connectivity index (χ1) is 9.45. The van der Waals surface area contributed by atoms with E-state index in [2.05, 4.69) is 65.1 Å². The molecule has 114 valence electrons. The molecule has 0 bridgehead atoms. The van der Waals surface area contributed by atoms with E-state index in [-0.39, 0.29) is 5.41 Å². The van der Waals surface area contributed by atoms with E-state index in [4.69, 9.17) is 0 Å². The van der Waals surface area contributed by atoms with Crippen molar-refractivity contribution in [3.63, 3.8) is 0 Å². The van der Waals surface area contributed by atoms with Gasteiger partial charge in [-0.25, -0.2) is 0 Å². The molecule has 0 fully saturated rings. The Labute approximate surface area is 122 Å². The Hall–Kier alpha value is -1.59. The van der Waals surface area contributed by atoms with E-state index >= 15 is 0 Å². The van der Waals surface area contributed by atoms with E-state index < -0.39 is 0 Å². The van der Waals surface area contributed by atoms with Crippen molar-refractivity contribution in [1.82, 2.24) is 15.0 Å². The number of hydrogen-bond acceptors (Lipinski definition) is 6. The summed E-state index contributed by atoms with van der Waals surface area (Å²) in [7, 11) is 1.82. The van der Waals surface area contributed by atoms with Crippen LogP contribution in [0.15, 0.2) is 0 Å². The zero-order valence-corrected chi connectivity index (χ0v) is 13.6. The molecule has 0 aliphatic heterocycles. The minimum absolute atomic E-state index is 0.224. The summed E-state index contributed by atoms with van der Waals surface area (Å²) in [6.45, 7) is 13.4. The van der Waals surface area contributed by atoms with Crippen LogP contribution >= 0.6 is 0 Å². The second kappa shape index (κ2) is 7.26. The molecular weight excluding hydrogens is 252 g/mol. The first kappa shape index (κ1) is 16.5. The van der Waals surface area contributed by atoms with Crippen molar-refractivity contribution in [3.05, 3.63) is 0 Å². The van der Waals surface area contributed by atoms with E-state index in [1.165, 1.54) is 0 Å². The Morgan fingerprint density at radius 3 is 2.10 bits per heavy atom. The molecule has 1 aromatic rings. The Kier molecular flexibility index (Phi) is 5.98. The van der Waals surface area contributed by atoms with Gasteiger partial charge in [-0.1, -0.05) is 20.8 Å². The molecule has 0 unspecified atom stereocenters. The summed E-state index contributed by atoms with van der Waals surface area (Å²) in [5.41, 5.74) is 0.224. The average molecular weight is 280 g/mol. The van der Waals surface area contributed by atoms with E-state index in [0.29, 0.717) is 17.8 Å². The number of nitrogens with one attached hydrogen (secondary N) is 2. The van der Waals surface area contributed by atoms with Crippen molar-refractivity contribution in [3.8, 4) is 0 Å². The molecule has 0 aliphatic carbocycles. The quantitative estimate of drug-likeness (QED) is 0.763. The van der Waals surface area contributed by atoms with Gasteiger partial charge < -0.3 is 15.5 Å². The number of rotatable bonds is 8. The van der Waals surface area contributed by atoms with Crippen LogP contribution in [0, 0.1) is 5.41 Å². The second-order valence-electron chi connectivity index (χ2n) is 5.58. The summed E-state index contributed by atoms with van der Waals surface area (Å²) >= 11 is 0. The molecule has 0 saturated carbocycles. The van der Waals surface area contributed by atoms with E-state index in [1.54, 1.807) is 0 Å². The Morgan fingerprint density at radius 2 is 1.60 bits per heavy atom. The van der Waals surface area contributed by atoms with Crippen LogP contribution < -0.4 is 15.5 Å². The van der Waals surface area contributed by atoms with Crippen LogP contribution in [0.4, 0.5) is 17.8 Å². The lowest BCUT2D eigenvalue weighted by Crippen LogP contribution is -2.27. The molecule has 0 amide bonds. The van der Waals surface area contributed by atoms with Crippen molar-refractivity contribution in [2.75, 3.05) is 42.2 Å². The third kappa shape index (κ3) is 4.51. The minimum Gasteiger partial charge on any atom is -0.357 e. The van der Waals surface area contributed by atoms with Gasteiger partial charge in [-0.2, -0.15) is 15.0 Å². The van der Waals surface area contributed by atoms with Gasteiger partial charge in [-0.3, -0.25) is 0 Å². The fourth-order valence-corrected chi connectivity index (χ4v) is 1.65. The molecule has 0 radical (unpaired) electrons. The van der Waals surface area contributed by atoms with Crippen molar-refractivity contribution in [2.45, 2.75) is 41.0 Å². The largest absolute Gasteiger partial charge is 0.357 e. The van der Waals surface area contributed by atoms with Crippen molar-refractivity contribution in [1.29, 1.82) is 0 Å². The van der Waals surface area contributed by atoms with Gasteiger partial charge in [0, 0.05) is 26.7 Å². The second-order valence-corrected chi connectivity index (χ2v) is 5.58. The van der Waals surface area contributed by atoms with Crippen molar-refractivity contribution < 1.29 is 0 Å². The maximum absolute atomic E-state index is 4.51. The van der Waals surface area contributed by atoms with Gasteiger partial charge in [0.2, 0.25) is 17.8 Å². The van der Waals surface area contributed by atoms with Gasteiger partial charge in [0.05, 0.1) is 0 Å². The van der Waals surface area contributed by atoms with Crippen molar-refractivity contribution in [2.24, 2.45) is 5.41 Å². The van der Waals surface area contributed by atoms with E-state index in [0.717, 1.165) is 26.1 Å². The van der Waals surface area contributed by atoms with E-state index in [1.807, 2.05) is 7.05 Å². The highest BCUT2D eigenvalue weighted by molar-refractivity contribution is 5.43. The van der Waals surface area contributed by atoms with Crippen LogP contribution in [-0.4, -0.2) is 41.6 Å². The van der Waals surface area contributed by atoms with Crippen LogP contribution in [0.5, 0.6) is 0 Å². The highest BCUT2D eigenvalue weighted by Gasteiger charge is 2.16. The summed E-state index contributed by atoms with van der Waals surface area (Å²) in [5, 5.41) is 6.32. The zero-order valence-electron chi connectivity index (χ0n) is 13.6. The molecule has 1 rings (SSSR count). The SMILES string of the molecule is CCN(CC)c1nc(NC)nc(NCC(C)(C)CC)n1. The van der Waals surface area contributed by atoms with Crippen molar-refractivity contribution >= 4 is 17.8 Å². The maximum Gasteiger partial charge on any atom is 0.231 e. The molecule has 20 heavy (non-hydrogen) atoms. The third-order valence-electron chi connectivity index (χ3n) is 3.58. The number of hydrogen-bond donors (Lipinski definition) is 2. The Bertz CT molecular complexity index is 414. The average Bonchev–Trinajstić information content (AvgIpc) is 2.46. The van der Waals surface area contributed by atoms with Gasteiger partial charge in [-0.15, -0.1) is 0 Å². The highest BCUT2D eigenvalue weighted by Crippen LogP contribution is 2.20.